The number of carboxylic acid groups (broad SMARTS) is 1. The van der Waals surface area contributed by atoms with Crippen LogP contribution in [0.3, 0.4) is 0 Å². The number of thiophene rings is 1. The summed E-state index contributed by atoms with van der Waals surface area (Å²) in [6.45, 7) is 4.52. The zero-order valence-corrected chi connectivity index (χ0v) is 9.94. The number of rotatable bonds is 3. The number of nitrogens with zero attached hydrogens (tertiary/aromatic N) is 2. The van der Waals surface area contributed by atoms with Crippen molar-refractivity contribution in [3.63, 3.8) is 0 Å². The Morgan fingerprint density at radius 3 is 3.24 bits per heavy atom. The zero-order valence-electron chi connectivity index (χ0n) is 9.13. The maximum absolute atomic E-state index is 11.0. The van der Waals surface area contributed by atoms with Crippen LogP contribution >= 0.6 is 11.3 Å². The van der Waals surface area contributed by atoms with Gasteiger partial charge in [-0.1, -0.05) is 17.8 Å². The van der Waals surface area contributed by atoms with Gasteiger partial charge in [0, 0.05) is 0 Å². The lowest BCUT2D eigenvalue weighted by Crippen LogP contribution is -2.38. The molecule has 90 valence electrons. The fourth-order valence-electron chi connectivity index (χ4n) is 1.60. The molecular weight excluding hydrogens is 240 g/mol. The highest BCUT2D eigenvalue weighted by Crippen LogP contribution is 2.24. The second-order valence-corrected chi connectivity index (χ2v) is 4.45. The number of amides is 1. The van der Waals surface area contributed by atoms with Crippen molar-refractivity contribution in [3.05, 3.63) is 34.5 Å². The van der Waals surface area contributed by atoms with Gasteiger partial charge in [0.2, 0.25) is 0 Å². The van der Waals surface area contributed by atoms with E-state index >= 15 is 0 Å². The molecule has 0 unspecified atom stereocenters. The van der Waals surface area contributed by atoms with Gasteiger partial charge >= 0.3 is 6.09 Å². The Kier molecular flexibility index (Phi) is 3.43. The minimum absolute atomic E-state index is 0.264. The van der Waals surface area contributed by atoms with E-state index in [1.54, 1.807) is 17.4 Å². The standard InChI is InChI=1S/C11H12N2O3S/c1-2-4-16-12-9-7-13(11(14)15)6-8-3-5-17-10(8)9/h2-3,5H,1,4,6-7H2,(H,14,15)/b12-9+. The third-order valence-electron chi connectivity index (χ3n) is 2.35. The van der Waals surface area contributed by atoms with Gasteiger partial charge in [-0.05, 0) is 17.0 Å². The average molecular weight is 252 g/mol. The minimum atomic E-state index is -0.946. The largest absolute Gasteiger partial charge is 0.465 e. The van der Waals surface area contributed by atoms with E-state index < -0.39 is 6.09 Å². The summed E-state index contributed by atoms with van der Waals surface area (Å²) in [5, 5.41) is 14.9. The van der Waals surface area contributed by atoms with E-state index in [1.165, 1.54) is 4.90 Å². The summed E-state index contributed by atoms with van der Waals surface area (Å²) >= 11 is 1.55. The molecule has 0 spiro atoms. The van der Waals surface area contributed by atoms with Gasteiger partial charge in [0.1, 0.15) is 12.3 Å². The summed E-state index contributed by atoms with van der Waals surface area (Å²) in [5.74, 6) is 0. The minimum Gasteiger partial charge on any atom is -0.465 e. The molecule has 0 bridgehead atoms. The second-order valence-electron chi connectivity index (χ2n) is 3.54. The summed E-state index contributed by atoms with van der Waals surface area (Å²) < 4.78 is 0. The predicted molar refractivity (Wildman–Crippen MR) is 65.4 cm³/mol. The first-order valence-electron chi connectivity index (χ1n) is 5.06. The lowest BCUT2D eigenvalue weighted by atomic mass is 10.1. The molecule has 0 radical (unpaired) electrons. The van der Waals surface area contributed by atoms with Crippen molar-refractivity contribution in [1.29, 1.82) is 0 Å². The Hall–Kier alpha value is -1.82. The Bertz CT molecular complexity index is 467. The lowest BCUT2D eigenvalue weighted by Gasteiger charge is -2.24. The Balaban J connectivity index is 2.23. The van der Waals surface area contributed by atoms with E-state index in [4.69, 9.17) is 9.94 Å². The average Bonchev–Trinajstić information content (AvgIpc) is 2.77. The molecule has 0 aliphatic carbocycles. The molecule has 2 rings (SSSR count). The number of hydrogen-bond acceptors (Lipinski definition) is 4. The van der Waals surface area contributed by atoms with Crippen LogP contribution in [0, 0.1) is 0 Å². The molecule has 1 N–H and O–H groups in total. The summed E-state index contributed by atoms with van der Waals surface area (Å²) in [6, 6.07) is 1.91. The van der Waals surface area contributed by atoms with Crippen molar-refractivity contribution in [2.45, 2.75) is 6.54 Å². The molecule has 1 aliphatic heterocycles. The quantitative estimate of drug-likeness (QED) is 0.509. The van der Waals surface area contributed by atoms with Crippen LogP contribution < -0.4 is 0 Å². The second kappa shape index (κ2) is 5.01. The maximum atomic E-state index is 11.0. The van der Waals surface area contributed by atoms with Crippen molar-refractivity contribution in [3.8, 4) is 0 Å². The predicted octanol–water partition coefficient (Wildman–Crippen LogP) is 2.15. The molecule has 1 aromatic heterocycles. The summed E-state index contributed by atoms with van der Waals surface area (Å²) in [5.41, 5.74) is 1.63. The van der Waals surface area contributed by atoms with Crippen molar-refractivity contribution < 1.29 is 14.7 Å². The van der Waals surface area contributed by atoms with Gasteiger partial charge < -0.3 is 9.94 Å². The molecule has 0 saturated heterocycles. The van der Waals surface area contributed by atoms with Crippen LogP contribution in [-0.2, 0) is 11.4 Å². The molecule has 0 atom stereocenters. The van der Waals surface area contributed by atoms with Crippen LogP contribution in [0.5, 0.6) is 0 Å². The molecule has 17 heavy (non-hydrogen) atoms. The summed E-state index contributed by atoms with van der Waals surface area (Å²) in [7, 11) is 0. The number of oxime groups is 1. The molecule has 0 saturated carbocycles. The molecular formula is C11H12N2O3S. The molecule has 0 aromatic carbocycles. The van der Waals surface area contributed by atoms with Crippen molar-refractivity contribution in [2.75, 3.05) is 13.2 Å². The fourth-order valence-corrected chi connectivity index (χ4v) is 2.49. The highest BCUT2D eigenvalue weighted by molar-refractivity contribution is 7.12. The maximum Gasteiger partial charge on any atom is 0.407 e. The van der Waals surface area contributed by atoms with Crippen molar-refractivity contribution in [1.82, 2.24) is 4.90 Å². The fraction of sp³-hybridized carbons (Fsp3) is 0.273. The zero-order chi connectivity index (χ0) is 12.3. The van der Waals surface area contributed by atoms with E-state index in [1.807, 2.05) is 11.4 Å². The van der Waals surface area contributed by atoms with Crippen LogP contribution in [0.2, 0.25) is 0 Å². The van der Waals surface area contributed by atoms with Crippen molar-refractivity contribution in [2.24, 2.45) is 5.16 Å². The monoisotopic (exact) mass is 252 g/mol. The third kappa shape index (κ3) is 2.47. The topological polar surface area (TPSA) is 62.1 Å². The first kappa shape index (κ1) is 11.7. The van der Waals surface area contributed by atoms with E-state index in [0.717, 1.165) is 10.4 Å². The molecule has 1 aromatic rings. The number of fused-ring (bicyclic) bond motifs is 1. The van der Waals surface area contributed by atoms with Gasteiger partial charge in [-0.25, -0.2) is 4.79 Å². The van der Waals surface area contributed by atoms with Crippen LogP contribution in [0.15, 0.2) is 29.3 Å². The smallest absolute Gasteiger partial charge is 0.407 e. The van der Waals surface area contributed by atoms with E-state index in [9.17, 15) is 4.79 Å². The van der Waals surface area contributed by atoms with Crippen LogP contribution in [0.1, 0.15) is 10.4 Å². The first-order valence-corrected chi connectivity index (χ1v) is 5.94. The van der Waals surface area contributed by atoms with Gasteiger partial charge in [-0.2, -0.15) is 0 Å². The van der Waals surface area contributed by atoms with E-state index in [0.29, 0.717) is 18.9 Å². The summed E-state index contributed by atoms with van der Waals surface area (Å²) in [4.78, 5) is 18.3. The highest BCUT2D eigenvalue weighted by atomic mass is 32.1. The van der Waals surface area contributed by atoms with E-state index in [-0.39, 0.29) is 6.54 Å². The van der Waals surface area contributed by atoms with Crippen LogP contribution in [0.25, 0.3) is 0 Å². The van der Waals surface area contributed by atoms with Gasteiger partial charge in [0.05, 0.1) is 18.0 Å². The SMILES string of the molecule is C=CCO/N=C1\CN(C(=O)O)Cc2ccsc21. The van der Waals surface area contributed by atoms with Crippen LogP contribution in [0.4, 0.5) is 4.79 Å². The third-order valence-corrected chi connectivity index (χ3v) is 3.35. The normalized spacial score (nSPS) is 16.7. The highest BCUT2D eigenvalue weighted by Gasteiger charge is 2.26. The molecule has 0 fully saturated rings. The molecule has 1 amide bonds. The summed E-state index contributed by atoms with van der Waals surface area (Å²) in [6.07, 6.45) is 0.648. The molecule has 5 nitrogen and oxygen atoms in total. The number of carbonyl (C=O) groups is 1. The molecule has 6 heteroatoms. The van der Waals surface area contributed by atoms with Crippen molar-refractivity contribution >= 4 is 23.1 Å². The number of hydrogen-bond donors (Lipinski definition) is 1. The van der Waals surface area contributed by atoms with Crippen LogP contribution in [-0.4, -0.2) is 35.0 Å². The van der Waals surface area contributed by atoms with E-state index in [2.05, 4.69) is 11.7 Å². The Morgan fingerprint density at radius 2 is 2.53 bits per heavy atom. The van der Waals surface area contributed by atoms with Gasteiger partial charge in [0.25, 0.3) is 0 Å². The Morgan fingerprint density at radius 1 is 1.71 bits per heavy atom. The lowest BCUT2D eigenvalue weighted by molar-refractivity contribution is 0.145. The van der Waals surface area contributed by atoms with Gasteiger partial charge in [-0.3, -0.25) is 4.90 Å². The Labute approximate surface area is 103 Å². The molecule has 1 aliphatic rings. The van der Waals surface area contributed by atoms with Gasteiger partial charge in [-0.15, -0.1) is 11.3 Å². The van der Waals surface area contributed by atoms with Gasteiger partial charge in [0.15, 0.2) is 0 Å². The molecule has 2 heterocycles. The first-order chi connectivity index (χ1) is 8.22.